The highest BCUT2D eigenvalue weighted by Gasteiger charge is 2.12. The first kappa shape index (κ1) is 12.6. The number of aromatic nitrogens is 6. The molecule has 0 unspecified atom stereocenters. The average molecular weight is 292 g/mol. The number of pyridine rings is 1. The second-order valence-corrected chi connectivity index (χ2v) is 5.19. The third-order valence-corrected chi connectivity index (χ3v) is 3.67. The van der Waals surface area contributed by atoms with Crippen LogP contribution in [0.1, 0.15) is 11.1 Å². The van der Waals surface area contributed by atoms with E-state index in [0.29, 0.717) is 11.3 Å². The van der Waals surface area contributed by atoms with Crippen LogP contribution < -0.4 is 5.56 Å². The van der Waals surface area contributed by atoms with E-state index in [2.05, 4.69) is 20.3 Å². The van der Waals surface area contributed by atoms with E-state index < -0.39 is 0 Å². The van der Waals surface area contributed by atoms with Crippen molar-refractivity contribution in [3.63, 3.8) is 0 Å². The van der Waals surface area contributed by atoms with Gasteiger partial charge >= 0.3 is 0 Å². The van der Waals surface area contributed by atoms with Crippen LogP contribution in [-0.2, 0) is 0 Å². The van der Waals surface area contributed by atoms with E-state index in [1.807, 2.05) is 32.0 Å². The Labute approximate surface area is 124 Å². The highest BCUT2D eigenvalue weighted by atomic mass is 16.1. The fourth-order valence-corrected chi connectivity index (χ4v) is 2.52. The van der Waals surface area contributed by atoms with E-state index in [4.69, 9.17) is 0 Å². The number of nitrogens with zero attached hydrogens (tertiary/aromatic N) is 6. The quantitative estimate of drug-likeness (QED) is 0.530. The topological polar surface area (TPSA) is 78.0 Å². The van der Waals surface area contributed by atoms with Crippen LogP contribution in [0.3, 0.4) is 0 Å². The van der Waals surface area contributed by atoms with Crippen LogP contribution in [-0.4, -0.2) is 29.4 Å². The van der Waals surface area contributed by atoms with Gasteiger partial charge in [-0.15, -0.1) is 10.2 Å². The lowest BCUT2D eigenvalue weighted by atomic mass is 10.1. The normalized spacial score (nSPS) is 11.4. The number of benzene rings is 1. The molecule has 4 aromatic rings. The smallest absolute Gasteiger partial charge is 0.282 e. The van der Waals surface area contributed by atoms with Gasteiger partial charge in [-0.05, 0) is 37.1 Å². The molecule has 108 valence electrons. The minimum atomic E-state index is -0.226. The lowest BCUT2D eigenvalue weighted by molar-refractivity contribution is 0.911. The molecule has 0 bridgehead atoms. The molecule has 7 heteroatoms. The molecule has 0 saturated carbocycles. The number of fused-ring (bicyclic) bond motifs is 3. The van der Waals surface area contributed by atoms with Gasteiger partial charge in [0.25, 0.3) is 11.3 Å². The average Bonchev–Trinajstić information content (AvgIpc) is 2.99. The van der Waals surface area contributed by atoms with Crippen LogP contribution in [0, 0.1) is 13.8 Å². The van der Waals surface area contributed by atoms with E-state index in [-0.39, 0.29) is 11.1 Å². The van der Waals surface area contributed by atoms with Gasteiger partial charge in [0, 0.05) is 6.20 Å². The van der Waals surface area contributed by atoms with E-state index in [1.165, 1.54) is 10.8 Å². The lowest BCUT2D eigenvalue weighted by Crippen LogP contribution is -2.21. The molecule has 0 aliphatic heterocycles. The van der Waals surface area contributed by atoms with E-state index in [0.717, 1.165) is 16.8 Å². The molecular weight excluding hydrogens is 280 g/mol. The van der Waals surface area contributed by atoms with Crippen LogP contribution in [0.25, 0.3) is 22.5 Å². The second-order valence-electron chi connectivity index (χ2n) is 5.19. The molecule has 0 fully saturated rings. The molecule has 0 spiro atoms. The highest BCUT2D eigenvalue weighted by molar-refractivity contribution is 5.74. The summed E-state index contributed by atoms with van der Waals surface area (Å²) in [4.78, 5) is 16.7. The standard InChI is InChI=1S/C15H12N6O/c1-9-3-4-10(2)12(7-9)20-6-5-11-13(14(20)22)18-19-15-16-8-17-21(11)15/h3-8H,1-2H3. The minimum absolute atomic E-state index is 0.226. The Bertz CT molecular complexity index is 1080. The van der Waals surface area contributed by atoms with Gasteiger partial charge in [0.1, 0.15) is 11.8 Å². The summed E-state index contributed by atoms with van der Waals surface area (Å²) in [6.45, 7) is 3.96. The van der Waals surface area contributed by atoms with Gasteiger partial charge in [0.15, 0.2) is 5.52 Å². The fraction of sp³-hybridized carbons (Fsp3) is 0.133. The highest BCUT2D eigenvalue weighted by Crippen LogP contribution is 2.16. The van der Waals surface area contributed by atoms with Crippen molar-refractivity contribution >= 4 is 16.8 Å². The van der Waals surface area contributed by atoms with Gasteiger partial charge in [-0.2, -0.15) is 14.6 Å². The van der Waals surface area contributed by atoms with E-state index in [1.54, 1.807) is 16.8 Å². The Morgan fingerprint density at radius 1 is 1.09 bits per heavy atom. The summed E-state index contributed by atoms with van der Waals surface area (Å²) in [5, 5.41) is 12.0. The van der Waals surface area contributed by atoms with Crippen molar-refractivity contribution in [1.29, 1.82) is 0 Å². The Balaban J connectivity index is 2.08. The predicted molar refractivity (Wildman–Crippen MR) is 81.2 cm³/mol. The zero-order chi connectivity index (χ0) is 15.3. The van der Waals surface area contributed by atoms with Crippen LogP contribution in [0.4, 0.5) is 0 Å². The molecule has 0 saturated heterocycles. The maximum Gasteiger partial charge on any atom is 0.285 e. The molecule has 3 aromatic heterocycles. The number of rotatable bonds is 1. The van der Waals surface area contributed by atoms with Gasteiger partial charge in [-0.1, -0.05) is 12.1 Å². The summed E-state index contributed by atoms with van der Waals surface area (Å²) in [6, 6.07) is 7.79. The first-order valence-corrected chi connectivity index (χ1v) is 6.80. The maximum atomic E-state index is 12.8. The monoisotopic (exact) mass is 292 g/mol. The summed E-state index contributed by atoms with van der Waals surface area (Å²) in [7, 11) is 0. The molecule has 0 N–H and O–H groups in total. The van der Waals surface area contributed by atoms with Gasteiger partial charge in [0.2, 0.25) is 0 Å². The molecule has 1 aromatic carbocycles. The van der Waals surface area contributed by atoms with Crippen molar-refractivity contribution in [3.05, 3.63) is 58.3 Å². The van der Waals surface area contributed by atoms with Crippen molar-refractivity contribution in [2.24, 2.45) is 0 Å². The van der Waals surface area contributed by atoms with Crippen LogP contribution >= 0.6 is 0 Å². The van der Waals surface area contributed by atoms with Gasteiger partial charge < -0.3 is 0 Å². The molecule has 22 heavy (non-hydrogen) atoms. The Kier molecular flexibility index (Phi) is 2.56. The Morgan fingerprint density at radius 2 is 1.95 bits per heavy atom. The maximum absolute atomic E-state index is 12.8. The summed E-state index contributed by atoms with van der Waals surface area (Å²) in [6.07, 6.45) is 3.12. The molecule has 0 aliphatic rings. The first-order valence-electron chi connectivity index (χ1n) is 6.80. The van der Waals surface area contributed by atoms with E-state index >= 15 is 0 Å². The summed E-state index contributed by atoms with van der Waals surface area (Å²) in [5.41, 5.74) is 3.58. The van der Waals surface area contributed by atoms with Gasteiger partial charge in [0.05, 0.1) is 5.69 Å². The molecule has 0 aliphatic carbocycles. The summed E-state index contributed by atoms with van der Waals surface area (Å²) < 4.78 is 3.10. The van der Waals surface area contributed by atoms with Gasteiger partial charge in [-0.25, -0.2) is 0 Å². The Hall–Kier alpha value is -3.09. The SMILES string of the molecule is Cc1ccc(C)c(-n2ccc3c(nnc4ncnn43)c2=O)c1. The molecule has 4 rings (SSSR count). The second kappa shape index (κ2) is 4.45. The predicted octanol–water partition coefficient (Wildman–Crippen LogP) is 1.44. The third-order valence-electron chi connectivity index (χ3n) is 3.67. The van der Waals surface area contributed by atoms with Gasteiger partial charge in [-0.3, -0.25) is 9.36 Å². The van der Waals surface area contributed by atoms with Crippen molar-refractivity contribution < 1.29 is 0 Å². The summed E-state index contributed by atoms with van der Waals surface area (Å²) in [5.74, 6) is 0.372. The molecule has 0 atom stereocenters. The minimum Gasteiger partial charge on any atom is -0.282 e. The van der Waals surface area contributed by atoms with Crippen LogP contribution in [0.2, 0.25) is 0 Å². The first-order chi connectivity index (χ1) is 10.6. The molecule has 0 radical (unpaired) electrons. The largest absolute Gasteiger partial charge is 0.285 e. The third kappa shape index (κ3) is 1.72. The summed E-state index contributed by atoms with van der Waals surface area (Å²) >= 11 is 0. The molecule has 7 nitrogen and oxygen atoms in total. The van der Waals surface area contributed by atoms with E-state index in [9.17, 15) is 4.79 Å². The molecular formula is C15H12N6O. The lowest BCUT2D eigenvalue weighted by Gasteiger charge is -2.10. The zero-order valence-electron chi connectivity index (χ0n) is 12.1. The number of hydrogen-bond acceptors (Lipinski definition) is 5. The number of aryl methyl sites for hydroxylation is 2. The molecule has 3 heterocycles. The number of hydrogen-bond donors (Lipinski definition) is 0. The molecule has 0 amide bonds. The fourth-order valence-electron chi connectivity index (χ4n) is 2.52. The van der Waals surface area contributed by atoms with Crippen molar-refractivity contribution in [2.45, 2.75) is 13.8 Å². The zero-order valence-corrected chi connectivity index (χ0v) is 12.1. The van der Waals surface area contributed by atoms with Crippen molar-refractivity contribution in [1.82, 2.24) is 29.4 Å². The van der Waals surface area contributed by atoms with Crippen LogP contribution in [0.15, 0.2) is 41.6 Å². The van der Waals surface area contributed by atoms with Crippen LogP contribution in [0.5, 0.6) is 0 Å². The van der Waals surface area contributed by atoms with Crippen molar-refractivity contribution in [3.8, 4) is 5.69 Å². The Morgan fingerprint density at radius 3 is 2.82 bits per heavy atom. The van der Waals surface area contributed by atoms with Crippen molar-refractivity contribution in [2.75, 3.05) is 0 Å².